The molecular formula is C35H24Cl2N2O6. The van der Waals surface area contributed by atoms with Gasteiger partial charge >= 0.3 is 11.9 Å². The van der Waals surface area contributed by atoms with Crippen molar-refractivity contribution < 1.29 is 28.6 Å². The maximum absolute atomic E-state index is 12.9. The number of benzene rings is 5. The van der Waals surface area contributed by atoms with Crippen LogP contribution in [0.2, 0.25) is 10.0 Å². The molecule has 0 saturated carbocycles. The zero-order valence-corrected chi connectivity index (χ0v) is 25.0. The number of nitrogens with one attached hydrogen (secondary N) is 1. The van der Waals surface area contributed by atoms with Gasteiger partial charge in [0.25, 0.3) is 5.91 Å². The van der Waals surface area contributed by atoms with Gasteiger partial charge < -0.3 is 14.2 Å². The second kappa shape index (κ2) is 14.8. The van der Waals surface area contributed by atoms with Crippen LogP contribution in [0.3, 0.4) is 0 Å². The van der Waals surface area contributed by atoms with E-state index in [0.717, 1.165) is 5.56 Å². The van der Waals surface area contributed by atoms with Crippen LogP contribution >= 0.6 is 23.2 Å². The van der Waals surface area contributed by atoms with E-state index in [1.165, 1.54) is 48.7 Å². The van der Waals surface area contributed by atoms with Gasteiger partial charge in [0, 0.05) is 27.2 Å². The number of hydrogen-bond acceptors (Lipinski definition) is 7. The lowest BCUT2D eigenvalue weighted by Crippen LogP contribution is -2.17. The summed E-state index contributed by atoms with van der Waals surface area (Å²) in [4.78, 5) is 38.2. The molecule has 0 aliphatic rings. The molecule has 45 heavy (non-hydrogen) atoms. The second-order valence-corrected chi connectivity index (χ2v) is 10.4. The summed E-state index contributed by atoms with van der Waals surface area (Å²) in [5, 5.41) is 4.96. The van der Waals surface area contributed by atoms with Gasteiger partial charge in [-0.05, 0) is 90.5 Å². The Kier molecular flexibility index (Phi) is 10.2. The smallest absolute Gasteiger partial charge is 0.343 e. The molecule has 0 aromatic heterocycles. The molecule has 5 rings (SSSR count). The molecule has 5 aromatic rings. The third-order valence-electron chi connectivity index (χ3n) is 6.29. The van der Waals surface area contributed by atoms with Gasteiger partial charge in [-0.1, -0.05) is 53.5 Å². The maximum atomic E-state index is 12.9. The van der Waals surface area contributed by atoms with Crippen molar-refractivity contribution in [3.05, 3.63) is 159 Å². The summed E-state index contributed by atoms with van der Waals surface area (Å²) in [6, 6.07) is 33.1. The maximum Gasteiger partial charge on any atom is 0.343 e. The molecule has 0 aliphatic heterocycles. The minimum atomic E-state index is -0.680. The number of amides is 1. The van der Waals surface area contributed by atoms with Crippen LogP contribution in [-0.2, 0) is 6.61 Å². The number of carbonyl (C=O) groups is 3. The Balaban J connectivity index is 1.28. The summed E-state index contributed by atoms with van der Waals surface area (Å²) in [5.41, 5.74) is 4.70. The van der Waals surface area contributed by atoms with Crippen LogP contribution in [0, 0.1) is 0 Å². The summed E-state index contributed by atoms with van der Waals surface area (Å²) < 4.78 is 16.9. The lowest BCUT2D eigenvalue weighted by atomic mass is 10.2. The van der Waals surface area contributed by atoms with Crippen molar-refractivity contribution in [3.8, 4) is 17.2 Å². The summed E-state index contributed by atoms with van der Waals surface area (Å²) in [6.45, 7) is 0.403. The fourth-order valence-electron chi connectivity index (χ4n) is 3.94. The molecule has 8 nitrogen and oxygen atoms in total. The average molecular weight is 639 g/mol. The number of hydrazone groups is 1. The lowest BCUT2D eigenvalue weighted by molar-refractivity contribution is 0.0732. The van der Waals surface area contributed by atoms with Crippen molar-refractivity contribution in [1.29, 1.82) is 0 Å². The largest absolute Gasteiger partial charge is 0.489 e. The van der Waals surface area contributed by atoms with E-state index in [1.807, 2.05) is 30.3 Å². The summed E-state index contributed by atoms with van der Waals surface area (Å²) in [7, 11) is 0. The lowest BCUT2D eigenvalue weighted by Gasteiger charge is -2.11. The van der Waals surface area contributed by atoms with E-state index in [0.29, 0.717) is 33.5 Å². The van der Waals surface area contributed by atoms with E-state index >= 15 is 0 Å². The van der Waals surface area contributed by atoms with E-state index in [2.05, 4.69) is 10.5 Å². The Bertz CT molecular complexity index is 1830. The minimum Gasteiger partial charge on any atom is -0.489 e. The Hall–Kier alpha value is -5.44. The fourth-order valence-corrected chi connectivity index (χ4v) is 4.19. The quantitative estimate of drug-likeness (QED) is 0.0725. The van der Waals surface area contributed by atoms with Crippen molar-refractivity contribution in [1.82, 2.24) is 5.43 Å². The van der Waals surface area contributed by atoms with Gasteiger partial charge in [0.05, 0.1) is 17.3 Å². The standard InChI is InChI=1S/C35H24Cl2N2O6/c36-28-13-6-25(7-14-28)34(41)44-31-19-12-27(32(20-31)45-35(42)26-8-15-29(37)16-9-26)21-38-39-33(40)24-10-17-30(18-11-24)43-22-23-4-2-1-3-5-23/h1-21H,22H2,(H,39,40). The monoisotopic (exact) mass is 638 g/mol. The number of carbonyl (C=O) groups excluding carboxylic acids is 3. The van der Waals surface area contributed by atoms with E-state index in [4.69, 9.17) is 37.4 Å². The zero-order chi connectivity index (χ0) is 31.6. The van der Waals surface area contributed by atoms with E-state index in [9.17, 15) is 14.4 Å². The van der Waals surface area contributed by atoms with Crippen LogP contribution in [0.1, 0.15) is 42.2 Å². The van der Waals surface area contributed by atoms with Crippen LogP contribution in [0.15, 0.2) is 126 Å². The average Bonchev–Trinajstić information content (AvgIpc) is 3.06. The minimum absolute atomic E-state index is 0.0364. The van der Waals surface area contributed by atoms with Crippen LogP contribution in [0.25, 0.3) is 0 Å². The molecule has 0 unspecified atom stereocenters. The van der Waals surface area contributed by atoms with Crippen LogP contribution in [-0.4, -0.2) is 24.1 Å². The number of ether oxygens (including phenoxy) is 3. The molecule has 0 spiro atoms. The summed E-state index contributed by atoms with van der Waals surface area (Å²) in [6.07, 6.45) is 1.31. The van der Waals surface area contributed by atoms with Crippen LogP contribution in [0.4, 0.5) is 0 Å². The molecule has 10 heteroatoms. The second-order valence-electron chi connectivity index (χ2n) is 9.49. The first-order valence-electron chi connectivity index (χ1n) is 13.5. The molecule has 0 radical (unpaired) electrons. The Morgan fingerprint density at radius 1 is 0.644 bits per heavy atom. The Morgan fingerprint density at radius 3 is 1.82 bits per heavy atom. The summed E-state index contributed by atoms with van der Waals surface area (Å²) >= 11 is 11.8. The number of hydrogen-bond donors (Lipinski definition) is 1. The fraction of sp³-hybridized carbons (Fsp3) is 0.0286. The molecule has 0 fully saturated rings. The van der Waals surface area contributed by atoms with Gasteiger partial charge in [-0.25, -0.2) is 15.0 Å². The third kappa shape index (κ3) is 8.79. The molecule has 0 atom stereocenters. The number of nitrogens with zero attached hydrogens (tertiary/aromatic N) is 1. The highest BCUT2D eigenvalue weighted by atomic mass is 35.5. The van der Waals surface area contributed by atoms with Gasteiger partial charge in [-0.15, -0.1) is 0 Å². The molecule has 5 aromatic carbocycles. The first-order valence-corrected chi connectivity index (χ1v) is 14.3. The van der Waals surface area contributed by atoms with Gasteiger partial charge in [-0.3, -0.25) is 4.79 Å². The van der Waals surface area contributed by atoms with Crippen molar-refractivity contribution in [2.45, 2.75) is 6.61 Å². The van der Waals surface area contributed by atoms with E-state index in [1.54, 1.807) is 48.5 Å². The van der Waals surface area contributed by atoms with Gasteiger partial charge in [0.15, 0.2) is 0 Å². The highest BCUT2D eigenvalue weighted by molar-refractivity contribution is 6.31. The van der Waals surface area contributed by atoms with Gasteiger partial charge in [0.2, 0.25) is 0 Å². The van der Waals surface area contributed by atoms with Crippen molar-refractivity contribution in [3.63, 3.8) is 0 Å². The molecule has 0 aliphatic carbocycles. The van der Waals surface area contributed by atoms with Crippen molar-refractivity contribution in [2.75, 3.05) is 0 Å². The SMILES string of the molecule is O=C(NN=Cc1ccc(OC(=O)c2ccc(Cl)cc2)cc1OC(=O)c1ccc(Cl)cc1)c1ccc(OCc2ccccc2)cc1. The molecule has 0 heterocycles. The normalized spacial score (nSPS) is 10.7. The molecule has 0 bridgehead atoms. The summed E-state index contributed by atoms with van der Waals surface area (Å²) in [5.74, 6) is -1.01. The van der Waals surface area contributed by atoms with E-state index in [-0.39, 0.29) is 22.6 Å². The highest BCUT2D eigenvalue weighted by Gasteiger charge is 2.15. The van der Waals surface area contributed by atoms with Crippen molar-refractivity contribution in [2.24, 2.45) is 5.10 Å². The van der Waals surface area contributed by atoms with Crippen LogP contribution < -0.4 is 19.6 Å². The number of rotatable bonds is 10. The third-order valence-corrected chi connectivity index (χ3v) is 6.80. The predicted octanol–water partition coefficient (Wildman–Crippen LogP) is 7.77. The first kappa shape index (κ1) is 31.0. The first-order chi connectivity index (χ1) is 21.8. The van der Waals surface area contributed by atoms with Gasteiger partial charge in [-0.2, -0.15) is 5.10 Å². The molecule has 224 valence electrons. The predicted molar refractivity (Wildman–Crippen MR) is 172 cm³/mol. The Labute approximate surface area is 268 Å². The number of esters is 2. The van der Waals surface area contributed by atoms with Gasteiger partial charge in [0.1, 0.15) is 23.9 Å². The highest BCUT2D eigenvalue weighted by Crippen LogP contribution is 2.26. The molecular weight excluding hydrogens is 615 g/mol. The molecule has 1 amide bonds. The zero-order valence-electron chi connectivity index (χ0n) is 23.5. The topological polar surface area (TPSA) is 103 Å². The van der Waals surface area contributed by atoms with Crippen molar-refractivity contribution >= 4 is 47.3 Å². The number of halogens is 2. The van der Waals surface area contributed by atoms with Crippen LogP contribution in [0.5, 0.6) is 17.2 Å². The molecule has 1 N–H and O–H groups in total. The Morgan fingerprint density at radius 2 is 1.20 bits per heavy atom. The molecule has 0 saturated heterocycles. The van der Waals surface area contributed by atoms with E-state index < -0.39 is 17.8 Å².